The number of guanidine groups is 1. The number of nitrogens with zero attached hydrogens (tertiary/aromatic N) is 3. The van der Waals surface area contributed by atoms with Crippen molar-refractivity contribution in [2.24, 2.45) is 4.99 Å². The zero-order valence-corrected chi connectivity index (χ0v) is 15.1. The molecule has 24 heavy (non-hydrogen) atoms. The van der Waals surface area contributed by atoms with Crippen molar-refractivity contribution in [2.45, 2.75) is 25.8 Å². The van der Waals surface area contributed by atoms with E-state index < -0.39 is 0 Å². The zero-order valence-electron chi connectivity index (χ0n) is 15.1. The van der Waals surface area contributed by atoms with E-state index in [4.69, 9.17) is 4.74 Å². The minimum absolute atomic E-state index is 0.0630. The fourth-order valence-electron chi connectivity index (χ4n) is 2.20. The second-order valence-electron chi connectivity index (χ2n) is 6.14. The summed E-state index contributed by atoms with van der Waals surface area (Å²) in [4.78, 5) is 30.8. The first-order valence-electron chi connectivity index (χ1n) is 8.05. The van der Waals surface area contributed by atoms with Gasteiger partial charge in [-0.05, 0) is 19.8 Å². The normalized spacial score (nSPS) is 15.7. The van der Waals surface area contributed by atoms with Gasteiger partial charge in [-0.15, -0.1) is 0 Å². The minimum atomic E-state index is -0.292. The van der Waals surface area contributed by atoms with E-state index in [1.54, 1.807) is 19.0 Å². The molecule has 2 N–H and O–H groups in total. The largest absolute Gasteiger partial charge is 0.453 e. The molecule has 0 radical (unpaired) electrons. The van der Waals surface area contributed by atoms with Gasteiger partial charge in [0.25, 0.3) is 0 Å². The maximum absolute atomic E-state index is 11.7. The Bertz CT molecular complexity index is 482. The van der Waals surface area contributed by atoms with Crippen molar-refractivity contribution >= 4 is 18.0 Å². The van der Waals surface area contributed by atoms with Crippen LogP contribution in [0.4, 0.5) is 4.79 Å². The van der Waals surface area contributed by atoms with Crippen LogP contribution in [0, 0.1) is 0 Å². The standard InChI is InChI=1S/C16H29N5O3/c1-12(2)10-17-15(18-11-14(22)20(3)4)19-13-6-8-21(9-7-13)16(23)24-5/h13H,1,6-11H2,2-5H3,(H2,17,18,19). The highest BCUT2D eigenvalue weighted by Crippen LogP contribution is 2.11. The summed E-state index contributed by atoms with van der Waals surface area (Å²) in [5.41, 5.74) is 0.976. The molecule has 0 aromatic rings. The number of likely N-dealkylation sites (N-methyl/N-ethyl adjacent to an activating group) is 1. The van der Waals surface area contributed by atoms with Crippen LogP contribution in [-0.4, -0.2) is 81.2 Å². The molecular formula is C16H29N5O3. The first kappa shape index (κ1) is 19.8. The summed E-state index contributed by atoms with van der Waals surface area (Å²) in [6, 6.07) is 0.191. The van der Waals surface area contributed by atoms with Crippen LogP contribution in [0.2, 0.25) is 0 Å². The molecule has 1 heterocycles. The number of aliphatic imine (C=N–C) groups is 1. The van der Waals surface area contributed by atoms with Gasteiger partial charge in [-0.1, -0.05) is 12.2 Å². The molecule has 1 saturated heterocycles. The summed E-state index contributed by atoms with van der Waals surface area (Å²) in [7, 11) is 4.80. The molecule has 1 aliphatic heterocycles. The number of likely N-dealkylation sites (tertiary alicyclic amines) is 1. The molecule has 136 valence electrons. The fraction of sp³-hybridized carbons (Fsp3) is 0.688. The third-order valence-electron chi connectivity index (χ3n) is 3.70. The van der Waals surface area contributed by atoms with Crippen molar-refractivity contribution in [1.82, 2.24) is 20.4 Å². The second kappa shape index (κ2) is 9.79. The Morgan fingerprint density at radius 3 is 2.46 bits per heavy atom. The second-order valence-corrected chi connectivity index (χ2v) is 6.14. The van der Waals surface area contributed by atoms with Crippen LogP contribution in [-0.2, 0) is 9.53 Å². The van der Waals surface area contributed by atoms with E-state index in [-0.39, 0.29) is 24.6 Å². The highest BCUT2D eigenvalue weighted by molar-refractivity contribution is 5.85. The number of carbonyl (C=O) groups excluding carboxylic acids is 2. The molecule has 0 aliphatic carbocycles. The Labute approximate surface area is 143 Å². The zero-order chi connectivity index (χ0) is 18.1. The van der Waals surface area contributed by atoms with E-state index in [0.717, 1.165) is 18.4 Å². The van der Waals surface area contributed by atoms with Crippen LogP contribution in [0.15, 0.2) is 17.1 Å². The van der Waals surface area contributed by atoms with E-state index in [2.05, 4.69) is 22.2 Å². The Balaban J connectivity index is 2.58. The van der Waals surface area contributed by atoms with E-state index >= 15 is 0 Å². The molecule has 0 spiro atoms. The lowest BCUT2D eigenvalue weighted by atomic mass is 10.1. The van der Waals surface area contributed by atoms with E-state index in [9.17, 15) is 9.59 Å². The van der Waals surface area contributed by atoms with E-state index in [0.29, 0.717) is 25.6 Å². The van der Waals surface area contributed by atoms with Gasteiger partial charge in [0.15, 0.2) is 5.96 Å². The van der Waals surface area contributed by atoms with Crippen molar-refractivity contribution in [3.05, 3.63) is 12.2 Å². The van der Waals surface area contributed by atoms with Gasteiger partial charge in [0.05, 0.1) is 7.11 Å². The predicted molar refractivity (Wildman–Crippen MR) is 93.9 cm³/mol. The van der Waals surface area contributed by atoms with Crippen LogP contribution in [0.1, 0.15) is 19.8 Å². The SMILES string of the molecule is C=C(C)CNC(=NCC(=O)N(C)C)NC1CCN(C(=O)OC)CC1. The quantitative estimate of drug-likeness (QED) is 0.431. The summed E-state index contributed by atoms with van der Waals surface area (Å²) in [5.74, 6) is 0.525. The topological polar surface area (TPSA) is 86.3 Å². The fourth-order valence-corrected chi connectivity index (χ4v) is 2.20. The highest BCUT2D eigenvalue weighted by Gasteiger charge is 2.23. The van der Waals surface area contributed by atoms with Crippen LogP contribution in [0.25, 0.3) is 0 Å². The lowest BCUT2D eigenvalue weighted by molar-refractivity contribution is -0.127. The Hall–Kier alpha value is -2.25. The molecule has 1 fully saturated rings. The number of rotatable bonds is 5. The first-order chi connectivity index (χ1) is 11.3. The molecular weight excluding hydrogens is 310 g/mol. The van der Waals surface area contributed by atoms with Gasteiger partial charge >= 0.3 is 6.09 Å². The number of carbonyl (C=O) groups is 2. The third-order valence-corrected chi connectivity index (χ3v) is 3.70. The molecule has 8 heteroatoms. The van der Waals surface area contributed by atoms with Crippen molar-refractivity contribution in [3.63, 3.8) is 0 Å². The molecule has 1 aliphatic rings. The average Bonchev–Trinajstić information content (AvgIpc) is 2.56. The van der Waals surface area contributed by atoms with Gasteiger partial charge in [-0.25, -0.2) is 9.79 Å². The maximum atomic E-state index is 11.7. The summed E-state index contributed by atoms with van der Waals surface area (Å²) in [6.07, 6.45) is 1.30. The van der Waals surface area contributed by atoms with Gasteiger partial charge in [0, 0.05) is 39.8 Å². The van der Waals surface area contributed by atoms with Crippen LogP contribution < -0.4 is 10.6 Å². The average molecular weight is 339 g/mol. The molecule has 8 nitrogen and oxygen atoms in total. The van der Waals surface area contributed by atoms with Gasteiger partial charge in [0.2, 0.25) is 5.91 Å². The number of hydrogen-bond acceptors (Lipinski definition) is 4. The maximum Gasteiger partial charge on any atom is 0.409 e. The number of hydrogen-bond donors (Lipinski definition) is 2. The van der Waals surface area contributed by atoms with Gasteiger partial charge in [-0.3, -0.25) is 4.79 Å². The summed E-state index contributed by atoms with van der Waals surface area (Å²) < 4.78 is 4.74. The van der Waals surface area contributed by atoms with Gasteiger partial charge < -0.3 is 25.2 Å². The van der Waals surface area contributed by atoms with Crippen molar-refractivity contribution < 1.29 is 14.3 Å². The molecule has 2 amide bonds. The number of nitrogens with one attached hydrogen (secondary N) is 2. The summed E-state index contributed by atoms with van der Waals surface area (Å²) in [5, 5.41) is 6.50. The Kier molecular flexibility index (Phi) is 8.08. The summed E-state index contributed by atoms with van der Waals surface area (Å²) in [6.45, 7) is 7.72. The number of ether oxygens (including phenoxy) is 1. The minimum Gasteiger partial charge on any atom is -0.453 e. The number of amides is 2. The van der Waals surface area contributed by atoms with E-state index in [1.165, 1.54) is 12.0 Å². The lowest BCUT2D eigenvalue weighted by Crippen LogP contribution is -2.50. The van der Waals surface area contributed by atoms with Crippen molar-refractivity contribution in [2.75, 3.05) is 47.4 Å². The lowest BCUT2D eigenvalue weighted by Gasteiger charge is -2.32. The van der Waals surface area contributed by atoms with E-state index in [1.807, 2.05) is 6.92 Å². The predicted octanol–water partition coefficient (Wildman–Crippen LogP) is 0.417. The molecule has 0 bridgehead atoms. The van der Waals surface area contributed by atoms with Crippen molar-refractivity contribution in [3.8, 4) is 0 Å². The first-order valence-corrected chi connectivity index (χ1v) is 8.05. The summed E-state index contributed by atoms with van der Waals surface area (Å²) >= 11 is 0. The molecule has 0 aromatic heterocycles. The van der Waals surface area contributed by atoms with Crippen molar-refractivity contribution in [1.29, 1.82) is 0 Å². The Morgan fingerprint density at radius 1 is 1.33 bits per heavy atom. The highest BCUT2D eigenvalue weighted by atomic mass is 16.5. The molecule has 0 aromatic carbocycles. The third kappa shape index (κ3) is 6.89. The van der Waals surface area contributed by atoms with Crippen LogP contribution in [0.3, 0.4) is 0 Å². The molecule has 0 saturated carbocycles. The van der Waals surface area contributed by atoms with Gasteiger partial charge in [-0.2, -0.15) is 0 Å². The molecule has 1 rings (SSSR count). The smallest absolute Gasteiger partial charge is 0.409 e. The monoisotopic (exact) mass is 339 g/mol. The number of piperidine rings is 1. The molecule has 0 atom stereocenters. The molecule has 0 unspecified atom stereocenters. The van der Waals surface area contributed by atoms with Crippen LogP contribution in [0.5, 0.6) is 0 Å². The number of methoxy groups -OCH3 is 1. The van der Waals surface area contributed by atoms with Crippen LogP contribution >= 0.6 is 0 Å². The van der Waals surface area contributed by atoms with Gasteiger partial charge in [0.1, 0.15) is 6.54 Å². The Morgan fingerprint density at radius 2 is 1.96 bits per heavy atom.